The maximum absolute atomic E-state index is 13.6. The van der Waals surface area contributed by atoms with Crippen LogP contribution in [0.3, 0.4) is 0 Å². The average molecular weight is 272 g/mol. The van der Waals surface area contributed by atoms with E-state index in [-0.39, 0.29) is 11.5 Å². The molecule has 1 aromatic heterocycles. The minimum atomic E-state index is -1.26. The van der Waals surface area contributed by atoms with Crippen LogP contribution in [0, 0.1) is 17.7 Å². The van der Waals surface area contributed by atoms with Crippen molar-refractivity contribution < 1.29 is 18.3 Å². The third-order valence-corrected chi connectivity index (χ3v) is 2.52. The second-order valence-electron chi connectivity index (χ2n) is 4.60. The summed E-state index contributed by atoms with van der Waals surface area (Å²) in [5, 5.41) is 0. The SMILES string of the molecule is COCCN(CC(C)C)C(=O)c1ccnc(F)c1F. The van der Waals surface area contributed by atoms with Crippen LogP contribution in [0.5, 0.6) is 0 Å². The Morgan fingerprint density at radius 1 is 1.47 bits per heavy atom. The van der Waals surface area contributed by atoms with E-state index in [1.54, 1.807) is 0 Å². The second kappa shape index (κ2) is 7.13. The van der Waals surface area contributed by atoms with Crippen molar-refractivity contribution in [2.24, 2.45) is 5.92 Å². The van der Waals surface area contributed by atoms with Crippen LogP contribution >= 0.6 is 0 Å². The van der Waals surface area contributed by atoms with Crippen LogP contribution in [0.1, 0.15) is 24.2 Å². The lowest BCUT2D eigenvalue weighted by Gasteiger charge is -2.24. The van der Waals surface area contributed by atoms with Gasteiger partial charge in [0.1, 0.15) is 0 Å². The number of rotatable bonds is 6. The van der Waals surface area contributed by atoms with Gasteiger partial charge in [0.2, 0.25) is 5.95 Å². The van der Waals surface area contributed by atoms with Crippen LogP contribution in [0.4, 0.5) is 8.78 Å². The van der Waals surface area contributed by atoms with Gasteiger partial charge in [-0.3, -0.25) is 4.79 Å². The van der Waals surface area contributed by atoms with Gasteiger partial charge in [-0.15, -0.1) is 0 Å². The van der Waals surface area contributed by atoms with E-state index in [2.05, 4.69) is 4.98 Å². The molecule has 0 spiro atoms. The van der Waals surface area contributed by atoms with Crippen LogP contribution in [-0.4, -0.2) is 42.6 Å². The Bertz CT molecular complexity index is 439. The van der Waals surface area contributed by atoms with Crippen molar-refractivity contribution in [3.8, 4) is 0 Å². The van der Waals surface area contributed by atoms with Crippen molar-refractivity contribution in [2.75, 3.05) is 26.8 Å². The number of ether oxygens (including phenoxy) is 1. The molecular weight excluding hydrogens is 254 g/mol. The lowest BCUT2D eigenvalue weighted by molar-refractivity contribution is 0.0666. The summed E-state index contributed by atoms with van der Waals surface area (Å²) in [6.07, 6.45) is 1.08. The Morgan fingerprint density at radius 3 is 2.74 bits per heavy atom. The Kier molecular flexibility index (Phi) is 5.82. The molecule has 0 aromatic carbocycles. The molecule has 6 heteroatoms. The summed E-state index contributed by atoms with van der Waals surface area (Å²) >= 11 is 0. The first-order valence-electron chi connectivity index (χ1n) is 6.05. The summed E-state index contributed by atoms with van der Waals surface area (Å²) in [6.45, 7) is 5.00. The molecule has 4 nitrogen and oxygen atoms in total. The van der Waals surface area contributed by atoms with Crippen LogP contribution in [0.25, 0.3) is 0 Å². The highest BCUT2D eigenvalue weighted by molar-refractivity contribution is 5.94. The number of carbonyl (C=O) groups is 1. The molecule has 0 unspecified atom stereocenters. The van der Waals surface area contributed by atoms with Gasteiger partial charge in [-0.25, -0.2) is 9.37 Å². The zero-order chi connectivity index (χ0) is 14.4. The molecule has 1 amide bonds. The molecule has 106 valence electrons. The lowest BCUT2D eigenvalue weighted by atomic mass is 10.1. The quantitative estimate of drug-likeness (QED) is 0.745. The first-order valence-corrected chi connectivity index (χ1v) is 6.05. The average Bonchev–Trinajstić information content (AvgIpc) is 2.36. The van der Waals surface area contributed by atoms with Gasteiger partial charge < -0.3 is 9.64 Å². The van der Waals surface area contributed by atoms with Crippen molar-refractivity contribution in [3.63, 3.8) is 0 Å². The highest BCUT2D eigenvalue weighted by atomic mass is 19.2. The summed E-state index contributed by atoms with van der Waals surface area (Å²) in [4.78, 5) is 16.8. The first kappa shape index (κ1) is 15.5. The predicted molar refractivity (Wildman–Crippen MR) is 66.8 cm³/mol. The molecular formula is C13H18F2N2O2. The van der Waals surface area contributed by atoms with E-state index in [0.717, 1.165) is 6.20 Å². The summed E-state index contributed by atoms with van der Waals surface area (Å²) in [7, 11) is 1.52. The van der Waals surface area contributed by atoms with Gasteiger partial charge >= 0.3 is 0 Å². The number of hydrogen-bond acceptors (Lipinski definition) is 3. The van der Waals surface area contributed by atoms with Crippen molar-refractivity contribution in [2.45, 2.75) is 13.8 Å². The second-order valence-corrected chi connectivity index (χ2v) is 4.60. The largest absolute Gasteiger partial charge is 0.383 e. The minimum Gasteiger partial charge on any atom is -0.383 e. The van der Waals surface area contributed by atoms with Crippen LogP contribution in [0.2, 0.25) is 0 Å². The Labute approximate surface area is 111 Å². The smallest absolute Gasteiger partial charge is 0.257 e. The third-order valence-electron chi connectivity index (χ3n) is 2.52. The van der Waals surface area contributed by atoms with E-state index in [1.807, 2.05) is 13.8 Å². The van der Waals surface area contributed by atoms with Crippen LogP contribution < -0.4 is 0 Å². The van der Waals surface area contributed by atoms with Gasteiger partial charge in [-0.1, -0.05) is 13.8 Å². The van der Waals surface area contributed by atoms with E-state index in [1.165, 1.54) is 18.1 Å². The van der Waals surface area contributed by atoms with Gasteiger partial charge in [0.15, 0.2) is 5.82 Å². The molecule has 0 aliphatic rings. The fraction of sp³-hybridized carbons (Fsp3) is 0.538. The number of aromatic nitrogens is 1. The van der Waals surface area contributed by atoms with Gasteiger partial charge in [-0.2, -0.15) is 4.39 Å². The zero-order valence-corrected chi connectivity index (χ0v) is 11.3. The molecule has 0 aliphatic heterocycles. The summed E-state index contributed by atoms with van der Waals surface area (Å²) in [5.74, 6) is -2.80. The van der Waals surface area contributed by atoms with Crippen molar-refractivity contribution in [1.82, 2.24) is 9.88 Å². The molecule has 0 aliphatic carbocycles. The molecule has 1 rings (SSSR count). The molecule has 1 heterocycles. The molecule has 0 atom stereocenters. The van der Waals surface area contributed by atoms with E-state index < -0.39 is 17.7 Å². The van der Waals surface area contributed by atoms with Crippen molar-refractivity contribution in [3.05, 3.63) is 29.6 Å². The van der Waals surface area contributed by atoms with E-state index in [0.29, 0.717) is 19.7 Å². The fourth-order valence-electron chi connectivity index (χ4n) is 1.67. The maximum atomic E-state index is 13.6. The number of nitrogens with zero attached hydrogens (tertiary/aromatic N) is 2. The monoisotopic (exact) mass is 272 g/mol. The Balaban J connectivity index is 2.94. The van der Waals surface area contributed by atoms with E-state index >= 15 is 0 Å². The fourth-order valence-corrected chi connectivity index (χ4v) is 1.67. The minimum absolute atomic E-state index is 0.218. The molecule has 0 radical (unpaired) electrons. The normalized spacial score (nSPS) is 10.8. The highest BCUT2D eigenvalue weighted by Gasteiger charge is 2.22. The lowest BCUT2D eigenvalue weighted by Crippen LogP contribution is -2.37. The molecule has 19 heavy (non-hydrogen) atoms. The highest BCUT2D eigenvalue weighted by Crippen LogP contribution is 2.13. The van der Waals surface area contributed by atoms with E-state index in [9.17, 15) is 13.6 Å². The van der Waals surface area contributed by atoms with Gasteiger partial charge in [0, 0.05) is 26.4 Å². The number of halogens is 2. The zero-order valence-electron chi connectivity index (χ0n) is 11.3. The molecule has 0 N–H and O–H groups in total. The third kappa shape index (κ3) is 4.24. The Morgan fingerprint density at radius 2 is 2.16 bits per heavy atom. The molecule has 0 fully saturated rings. The summed E-state index contributed by atoms with van der Waals surface area (Å²) in [6, 6.07) is 1.18. The first-order chi connectivity index (χ1) is 8.97. The number of hydrogen-bond donors (Lipinski definition) is 0. The summed E-state index contributed by atoms with van der Waals surface area (Å²) in [5.41, 5.74) is -0.302. The molecule has 1 aromatic rings. The van der Waals surface area contributed by atoms with Crippen molar-refractivity contribution in [1.29, 1.82) is 0 Å². The molecule has 0 saturated carbocycles. The topological polar surface area (TPSA) is 42.4 Å². The number of methoxy groups -OCH3 is 1. The van der Waals surface area contributed by atoms with Crippen LogP contribution in [-0.2, 0) is 4.74 Å². The predicted octanol–water partition coefficient (Wildman–Crippen LogP) is 2.10. The standard InChI is InChI=1S/C13H18F2N2O2/c1-9(2)8-17(6-7-19-3)13(18)10-4-5-16-12(15)11(10)14/h4-5,9H,6-8H2,1-3H3. The van der Waals surface area contributed by atoms with Crippen molar-refractivity contribution >= 4 is 5.91 Å². The van der Waals surface area contributed by atoms with Gasteiger partial charge in [-0.05, 0) is 12.0 Å². The molecule has 0 bridgehead atoms. The number of pyridine rings is 1. The van der Waals surface area contributed by atoms with Crippen LogP contribution in [0.15, 0.2) is 12.3 Å². The number of amides is 1. The van der Waals surface area contributed by atoms with Gasteiger partial charge in [0.25, 0.3) is 5.91 Å². The number of carbonyl (C=O) groups excluding carboxylic acids is 1. The summed E-state index contributed by atoms with van der Waals surface area (Å²) < 4.78 is 31.5. The van der Waals surface area contributed by atoms with Gasteiger partial charge in [0.05, 0.1) is 12.2 Å². The maximum Gasteiger partial charge on any atom is 0.257 e. The Hall–Kier alpha value is -1.56. The molecule has 0 saturated heterocycles. The van der Waals surface area contributed by atoms with E-state index in [4.69, 9.17) is 4.74 Å².